The van der Waals surface area contributed by atoms with Crippen LogP contribution in [-0.4, -0.2) is 6.54 Å². The fraction of sp³-hybridized carbons (Fsp3) is 0.917. The average molecular weight is 352 g/mol. The molecule has 150 valence electrons. The molecule has 0 rings (SSSR count). The molecule has 0 aliphatic rings. The molecule has 0 amide bonds. The molecule has 0 aliphatic heterocycles. The van der Waals surface area contributed by atoms with Gasteiger partial charge in [-0.1, -0.05) is 115 Å². The van der Waals surface area contributed by atoms with E-state index < -0.39 is 0 Å². The normalized spacial score (nSPS) is 11.6. The molecular weight excluding hydrogens is 302 g/mol. The van der Waals surface area contributed by atoms with Crippen LogP contribution in [0.2, 0.25) is 0 Å². The topological polar surface area (TPSA) is 26.0 Å². The van der Waals surface area contributed by atoms with E-state index in [-0.39, 0.29) is 0 Å². The third-order valence-corrected chi connectivity index (χ3v) is 5.22. The van der Waals surface area contributed by atoms with Crippen LogP contribution >= 0.6 is 0 Å². The summed E-state index contributed by atoms with van der Waals surface area (Å²) in [7, 11) is 0. The Morgan fingerprint density at radius 3 is 1.12 bits per heavy atom. The second-order valence-electron chi connectivity index (χ2n) is 7.85. The molecule has 1 nitrogen and oxygen atoms in total. The summed E-state index contributed by atoms with van der Waals surface area (Å²) in [5.74, 6) is 0. The van der Waals surface area contributed by atoms with Gasteiger partial charge in [0.2, 0.25) is 0 Å². The number of unbranched alkanes of at least 4 members (excludes halogenated alkanes) is 18. The van der Waals surface area contributed by atoms with Gasteiger partial charge in [-0.3, -0.25) is 0 Å². The Morgan fingerprint density at radius 1 is 0.440 bits per heavy atom. The van der Waals surface area contributed by atoms with Crippen molar-refractivity contribution in [3.05, 3.63) is 12.2 Å². The van der Waals surface area contributed by atoms with E-state index in [2.05, 4.69) is 19.1 Å². The van der Waals surface area contributed by atoms with E-state index in [1.807, 2.05) is 0 Å². The highest BCUT2D eigenvalue weighted by molar-refractivity contribution is 4.81. The van der Waals surface area contributed by atoms with Gasteiger partial charge in [0, 0.05) is 0 Å². The van der Waals surface area contributed by atoms with Crippen molar-refractivity contribution in [1.29, 1.82) is 0 Å². The van der Waals surface area contributed by atoms with Crippen molar-refractivity contribution in [2.75, 3.05) is 6.54 Å². The van der Waals surface area contributed by atoms with Gasteiger partial charge in [-0.25, -0.2) is 0 Å². The van der Waals surface area contributed by atoms with Crippen LogP contribution < -0.4 is 5.73 Å². The molecule has 0 aromatic heterocycles. The summed E-state index contributed by atoms with van der Waals surface area (Å²) < 4.78 is 0. The number of hydrogen-bond donors (Lipinski definition) is 1. The molecule has 0 aromatic rings. The molecule has 25 heavy (non-hydrogen) atoms. The van der Waals surface area contributed by atoms with E-state index in [0.29, 0.717) is 0 Å². The van der Waals surface area contributed by atoms with E-state index in [1.165, 1.54) is 128 Å². The van der Waals surface area contributed by atoms with Gasteiger partial charge >= 0.3 is 0 Å². The predicted molar refractivity (Wildman–Crippen MR) is 116 cm³/mol. The fourth-order valence-electron chi connectivity index (χ4n) is 3.45. The molecule has 0 spiro atoms. The molecule has 0 atom stereocenters. The Morgan fingerprint density at radius 2 is 0.760 bits per heavy atom. The highest BCUT2D eigenvalue weighted by atomic mass is 14.5. The Hall–Kier alpha value is -0.300. The summed E-state index contributed by atoms with van der Waals surface area (Å²) in [4.78, 5) is 0. The summed E-state index contributed by atoms with van der Waals surface area (Å²) in [6, 6.07) is 0. The molecule has 1 heteroatoms. The maximum atomic E-state index is 5.51. The Balaban J connectivity index is 3.03. The maximum Gasteiger partial charge on any atom is -0.00773 e. The van der Waals surface area contributed by atoms with Crippen molar-refractivity contribution in [2.24, 2.45) is 5.73 Å². The highest BCUT2D eigenvalue weighted by Gasteiger charge is 1.93. The molecule has 0 bridgehead atoms. The lowest BCUT2D eigenvalue weighted by molar-refractivity contribution is 0.542. The summed E-state index contributed by atoms with van der Waals surface area (Å²) in [6.07, 6.45) is 32.8. The maximum absolute atomic E-state index is 5.51. The van der Waals surface area contributed by atoms with Crippen molar-refractivity contribution >= 4 is 0 Å². The molecule has 0 radical (unpaired) electrons. The third kappa shape index (κ3) is 23.7. The predicted octanol–water partition coefficient (Wildman–Crippen LogP) is 8.32. The minimum atomic E-state index is 0.870. The molecule has 2 N–H and O–H groups in total. The zero-order valence-corrected chi connectivity index (χ0v) is 17.6. The van der Waals surface area contributed by atoms with Crippen LogP contribution in [0.15, 0.2) is 12.2 Å². The van der Waals surface area contributed by atoms with Crippen molar-refractivity contribution in [3.8, 4) is 0 Å². The monoisotopic (exact) mass is 351 g/mol. The average Bonchev–Trinajstić information content (AvgIpc) is 2.63. The summed E-state index contributed by atoms with van der Waals surface area (Å²) in [5.41, 5.74) is 5.51. The van der Waals surface area contributed by atoms with Gasteiger partial charge in [0.25, 0.3) is 0 Å². The van der Waals surface area contributed by atoms with Crippen LogP contribution in [0.3, 0.4) is 0 Å². The van der Waals surface area contributed by atoms with Crippen molar-refractivity contribution < 1.29 is 0 Å². The van der Waals surface area contributed by atoms with Crippen LogP contribution in [0.1, 0.15) is 135 Å². The van der Waals surface area contributed by atoms with E-state index in [9.17, 15) is 0 Å². The van der Waals surface area contributed by atoms with Crippen LogP contribution in [0.5, 0.6) is 0 Å². The van der Waals surface area contributed by atoms with Gasteiger partial charge in [-0.05, 0) is 38.6 Å². The smallest absolute Gasteiger partial charge is 0.00773 e. The number of nitrogens with two attached hydrogens (primary N) is 1. The highest BCUT2D eigenvalue weighted by Crippen LogP contribution is 2.13. The lowest BCUT2D eigenvalue weighted by Crippen LogP contribution is -1.97. The largest absolute Gasteiger partial charge is 0.330 e. The molecule has 0 saturated carbocycles. The number of allylic oxidation sites excluding steroid dienone is 2. The van der Waals surface area contributed by atoms with Gasteiger partial charge in [0.1, 0.15) is 0 Å². The SMILES string of the molecule is CCCCCCCCC=CCCCCCCCCCCCCCCN. The van der Waals surface area contributed by atoms with Crippen LogP contribution in [-0.2, 0) is 0 Å². The first-order chi connectivity index (χ1) is 12.4. The molecule has 0 saturated heterocycles. The molecule has 0 aliphatic carbocycles. The van der Waals surface area contributed by atoms with Gasteiger partial charge in [-0.15, -0.1) is 0 Å². The minimum absolute atomic E-state index is 0.870. The molecular formula is C24H49N. The first-order valence-electron chi connectivity index (χ1n) is 11.8. The lowest BCUT2D eigenvalue weighted by atomic mass is 10.0. The summed E-state index contributed by atoms with van der Waals surface area (Å²) in [5, 5.41) is 0. The van der Waals surface area contributed by atoms with Gasteiger partial charge < -0.3 is 5.73 Å². The van der Waals surface area contributed by atoms with Crippen molar-refractivity contribution in [1.82, 2.24) is 0 Å². The second kappa shape index (κ2) is 23.7. The first kappa shape index (κ1) is 24.7. The van der Waals surface area contributed by atoms with Gasteiger partial charge in [-0.2, -0.15) is 0 Å². The Labute approximate surface area is 160 Å². The van der Waals surface area contributed by atoms with Gasteiger partial charge in [0.05, 0.1) is 0 Å². The van der Waals surface area contributed by atoms with Gasteiger partial charge in [0.15, 0.2) is 0 Å². The minimum Gasteiger partial charge on any atom is -0.330 e. The van der Waals surface area contributed by atoms with E-state index in [1.54, 1.807) is 0 Å². The summed E-state index contributed by atoms with van der Waals surface area (Å²) >= 11 is 0. The lowest BCUT2D eigenvalue weighted by Gasteiger charge is -2.02. The fourth-order valence-corrected chi connectivity index (χ4v) is 3.45. The summed E-state index contributed by atoms with van der Waals surface area (Å²) in [6.45, 7) is 3.16. The molecule has 0 heterocycles. The Bertz CT molecular complexity index is 246. The zero-order valence-electron chi connectivity index (χ0n) is 17.6. The molecule has 0 aromatic carbocycles. The van der Waals surface area contributed by atoms with Crippen LogP contribution in [0, 0.1) is 0 Å². The van der Waals surface area contributed by atoms with Crippen LogP contribution in [0.4, 0.5) is 0 Å². The molecule has 0 unspecified atom stereocenters. The second-order valence-corrected chi connectivity index (χ2v) is 7.85. The van der Waals surface area contributed by atoms with E-state index in [0.717, 1.165) is 6.54 Å². The van der Waals surface area contributed by atoms with E-state index in [4.69, 9.17) is 5.73 Å². The Kier molecular flexibility index (Phi) is 23.4. The molecule has 0 fully saturated rings. The van der Waals surface area contributed by atoms with Crippen molar-refractivity contribution in [3.63, 3.8) is 0 Å². The third-order valence-electron chi connectivity index (χ3n) is 5.22. The first-order valence-corrected chi connectivity index (χ1v) is 11.8. The van der Waals surface area contributed by atoms with E-state index >= 15 is 0 Å². The number of rotatable bonds is 21. The van der Waals surface area contributed by atoms with Crippen LogP contribution in [0.25, 0.3) is 0 Å². The zero-order chi connectivity index (χ0) is 18.3. The quantitative estimate of drug-likeness (QED) is 0.163. The van der Waals surface area contributed by atoms with Crippen molar-refractivity contribution in [2.45, 2.75) is 135 Å². The standard InChI is InChI=1S/C24H49N/c1-2-3-4-5-6-7-8-9-10-11-12-13-14-15-16-17-18-19-20-21-22-23-24-25/h9-10H,2-8,11-25H2,1H3. The number of hydrogen-bond acceptors (Lipinski definition) is 1.